The van der Waals surface area contributed by atoms with Gasteiger partial charge in [-0.15, -0.1) is 0 Å². The van der Waals surface area contributed by atoms with E-state index in [1.807, 2.05) is 48.5 Å². The lowest BCUT2D eigenvalue weighted by Gasteiger charge is -2.11. The molecule has 0 aliphatic rings. The fourth-order valence-electron chi connectivity index (χ4n) is 2.71. The van der Waals surface area contributed by atoms with Gasteiger partial charge in [0.2, 0.25) is 5.91 Å². The number of nitrogens with zero attached hydrogens (tertiary/aromatic N) is 2. The number of hydrogen-bond donors (Lipinski definition) is 2. The van der Waals surface area contributed by atoms with E-state index in [0.717, 1.165) is 28.7 Å². The number of imidazole rings is 1. The van der Waals surface area contributed by atoms with Crippen molar-refractivity contribution >= 4 is 22.6 Å². The van der Waals surface area contributed by atoms with Crippen molar-refractivity contribution in [1.29, 1.82) is 0 Å². The number of aryl methyl sites for hydroxylation is 1. The molecule has 0 spiro atoms. The van der Waals surface area contributed by atoms with Gasteiger partial charge in [0, 0.05) is 5.69 Å². The van der Waals surface area contributed by atoms with E-state index in [-0.39, 0.29) is 19.1 Å². The lowest BCUT2D eigenvalue weighted by Crippen LogP contribution is -2.20. The number of carbonyl (C=O) groups excluding carboxylic acids is 1. The Morgan fingerprint density at radius 3 is 2.70 bits per heavy atom. The van der Waals surface area contributed by atoms with E-state index in [2.05, 4.69) is 17.2 Å². The Kier molecular flexibility index (Phi) is 4.39. The normalized spacial score (nSPS) is 10.9. The highest BCUT2D eigenvalue weighted by atomic mass is 16.3. The van der Waals surface area contributed by atoms with Crippen LogP contribution in [0.25, 0.3) is 11.0 Å². The van der Waals surface area contributed by atoms with E-state index in [1.54, 1.807) is 4.57 Å². The molecule has 5 heteroatoms. The number of aliphatic hydroxyl groups is 1. The summed E-state index contributed by atoms with van der Waals surface area (Å²) in [6.45, 7) is 1.97. The number of benzene rings is 2. The number of carbonyl (C=O) groups is 1. The summed E-state index contributed by atoms with van der Waals surface area (Å²) in [6, 6.07) is 15.3. The van der Waals surface area contributed by atoms with Crippen molar-refractivity contribution in [2.75, 3.05) is 5.32 Å². The molecule has 3 aromatic rings. The van der Waals surface area contributed by atoms with Gasteiger partial charge in [-0.25, -0.2) is 4.98 Å². The minimum atomic E-state index is -0.201. The summed E-state index contributed by atoms with van der Waals surface area (Å²) in [7, 11) is 0. The predicted molar refractivity (Wildman–Crippen MR) is 90.1 cm³/mol. The molecule has 1 heterocycles. The summed E-state index contributed by atoms with van der Waals surface area (Å²) in [5.74, 6) is 0.355. The van der Waals surface area contributed by atoms with Crippen molar-refractivity contribution in [2.45, 2.75) is 26.5 Å². The fraction of sp³-hybridized carbons (Fsp3) is 0.222. The maximum Gasteiger partial charge on any atom is 0.244 e. The highest BCUT2D eigenvalue weighted by Crippen LogP contribution is 2.18. The minimum Gasteiger partial charge on any atom is -0.388 e. The number of para-hydroxylation sites is 3. The van der Waals surface area contributed by atoms with Gasteiger partial charge in [-0.1, -0.05) is 37.3 Å². The lowest BCUT2D eigenvalue weighted by atomic mass is 10.1. The van der Waals surface area contributed by atoms with Crippen molar-refractivity contribution in [3.8, 4) is 0 Å². The van der Waals surface area contributed by atoms with Crippen LogP contribution in [0.1, 0.15) is 18.3 Å². The summed E-state index contributed by atoms with van der Waals surface area (Å²) in [4.78, 5) is 16.8. The summed E-state index contributed by atoms with van der Waals surface area (Å²) < 4.78 is 1.75. The van der Waals surface area contributed by atoms with Crippen LogP contribution in [0, 0.1) is 0 Å². The number of rotatable bonds is 5. The molecule has 0 aliphatic heterocycles. The molecule has 0 fully saturated rings. The zero-order valence-electron chi connectivity index (χ0n) is 13.0. The van der Waals surface area contributed by atoms with E-state index >= 15 is 0 Å². The Morgan fingerprint density at radius 2 is 1.91 bits per heavy atom. The molecule has 5 nitrogen and oxygen atoms in total. The van der Waals surface area contributed by atoms with Gasteiger partial charge in [0.1, 0.15) is 19.0 Å². The molecule has 1 amide bonds. The van der Waals surface area contributed by atoms with Crippen LogP contribution in [0.2, 0.25) is 0 Å². The molecule has 0 aliphatic carbocycles. The third-order valence-electron chi connectivity index (χ3n) is 3.85. The number of aromatic nitrogens is 2. The molecule has 0 bridgehead atoms. The number of fused-ring (bicyclic) bond motifs is 1. The second-order valence-electron chi connectivity index (χ2n) is 5.32. The second kappa shape index (κ2) is 6.62. The molecule has 23 heavy (non-hydrogen) atoms. The zero-order chi connectivity index (χ0) is 16.2. The smallest absolute Gasteiger partial charge is 0.244 e. The third-order valence-corrected chi connectivity index (χ3v) is 3.85. The van der Waals surface area contributed by atoms with Crippen LogP contribution >= 0.6 is 0 Å². The molecule has 0 saturated heterocycles. The summed E-state index contributed by atoms with van der Waals surface area (Å²) in [5, 5.41) is 12.4. The molecule has 3 rings (SSSR count). The van der Waals surface area contributed by atoms with Crippen molar-refractivity contribution in [2.24, 2.45) is 0 Å². The maximum atomic E-state index is 12.4. The van der Waals surface area contributed by atoms with Gasteiger partial charge < -0.3 is 15.0 Å². The van der Waals surface area contributed by atoms with Gasteiger partial charge in [-0.3, -0.25) is 4.79 Å². The summed E-state index contributed by atoms with van der Waals surface area (Å²) in [6.07, 6.45) is 0.854. The summed E-state index contributed by atoms with van der Waals surface area (Å²) >= 11 is 0. The molecule has 0 saturated carbocycles. The first-order chi connectivity index (χ1) is 11.2. The lowest BCUT2D eigenvalue weighted by molar-refractivity contribution is -0.116. The highest BCUT2D eigenvalue weighted by Gasteiger charge is 2.13. The van der Waals surface area contributed by atoms with Gasteiger partial charge in [0.25, 0.3) is 0 Å². The Morgan fingerprint density at radius 1 is 1.17 bits per heavy atom. The van der Waals surface area contributed by atoms with E-state index < -0.39 is 0 Å². The van der Waals surface area contributed by atoms with Crippen LogP contribution < -0.4 is 5.32 Å². The molecular weight excluding hydrogens is 290 g/mol. The number of aliphatic hydroxyl groups excluding tert-OH is 1. The molecule has 2 N–H and O–H groups in total. The van der Waals surface area contributed by atoms with Gasteiger partial charge >= 0.3 is 0 Å². The van der Waals surface area contributed by atoms with E-state index in [9.17, 15) is 9.90 Å². The van der Waals surface area contributed by atoms with Crippen LogP contribution in [0.5, 0.6) is 0 Å². The van der Waals surface area contributed by atoms with E-state index in [1.165, 1.54) is 0 Å². The second-order valence-corrected chi connectivity index (χ2v) is 5.32. The first-order valence-electron chi connectivity index (χ1n) is 7.65. The monoisotopic (exact) mass is 309 g/mol. The summed E-state index contributed by atoms with van der Waals surface area (Å²) in [5.41, 5.74) is 3.54. The quantitative estimate of drug-likeness (QED) is 0.761. The van der Waals surface area contributed by atoms with Crippen LogP contribution in [0.4, 0.5) is 5.69 Å². The zero-order valence-corrected chi connectivity index (χ0v) is 13.0. The van der Waals surface area contributed by atoms with E-state index in [0.29, 0.717) is 5.82 Å². The molecule has 0 atom stereocenters. The van der Waals surface area contributed by atoms with Crippen LogP contribution in [-0.2, 0) is 24.4 Å². The van der Waals surface area contributed by atoms with Gasteiger partial charge in [-0.05, 0) is 30.2 Å². The van der Waals surface area contributed by atoms with Crippen LogP contribution in [-0.4, -0.2) is 20.6 Å². The average Bonchev–Trinajstić information content (AvgIpc) is 2.93. The molecule has 2 aromatic carbocycles. The Labute approximate surface area is 134 Å². The van der Waals surface area contributed by atoms with Crippen molar-refractivity contribution in [1.82, 2.24) is 9.55 Å². The maximum absolute atomic E-state index is 12.4. The Bertz CT molecular complexity index is 839. The minimum absolute atomic E-state index is 0.119. The SMILES string of the molecule is CCc1ccccc1NC(=O)Cn1c(CO)nc2ccccc21. The average molecular weight is 309 g/mol. The first-order valence-corrected chi connectivity index (χ1v) is 7.65. The molecule has 1 aromatic heterocycles. The Balaban J connectivity index is 1.86. The third kappa shape index (κ3) is 3.10. The molecule has 0 radical (unpaired) electrons. The highest BCUT2D eigenvalue weighted by molar-refractivity contribution is 5.92. The fourth-order valence-corrected chi connectivity index (χ4v) is 2.71. The first kappa shape index (κ1) is 15.2. The predicted octanol–water partition coefficient (Wildman–Crippen LogP) is 2.73. The van der Waals surface area contributed by atoms with Crippen LogP contribution in [0.3, 0.4) is 0 Å². The number of anilines is 1. The molecular formula is C18H19N3O2. The van der Waals surface area contributed by atoms with Gasteiger partial charge in [0.15, 0.2) is 0 Å². The number of hydrogen-bond acceptors (Lipinski definition) is 3. The standard InChI is InChI=1S/C18H19N3O2/c1-2-13-7-3-4-8-14(13)20-18(23)11-21-16-10-6-5-9-15(16)19-17(21)12-22/h3-10,22H,2,11-12H2,1H3,(H,20,23). The van der Waals surface area contributed by atoms with Crippen LogP contribution in [0.15, 0.2) is 48.5 Å². The van der Waals surface area contributed by atoms with Crippen molar-refractivity contribution in [3.63, 3.8) is 0 Å². The van der Waals surface area contributed by atoms with Gasteiger partial charge in [0.05, 0.1) is 11.0 Å². The number of nitrogens with one attached hydrogen (secondary N) is 1. The van der Waals surface area contributed by atoms with Crippen molar-refractivity contribution in [3.05, 3.63) is 59.9 Å². The van der Waals surface area contributed by atoms with Crippen molar-refractivity contribution < 1.29 is 9.90 Å². The Hall–Kier alpha value is -2.66. The molecule has 0 unspecified atom stereocenters. The van der Waals surface area contributed by atoms with Gasteiger partial charge in [-0.2, -0.15) is 0 Å². The topological polar surface area (TPSA) is 67.2 Å². The largest absolute Gasteiger partial charge is 0.388 e. The molecule has 118 valence electrons. The number of amides is 1. The van der Waals surface area contributed by atoms with E-state index in [4.69, 9.17) is 0 Å².